The van der Waals surface area contributed by atoms with Gasteiger partial charge in [0.05, 0.1) is 5.52 Å². The Morgan fingerprint density at radius 3 is 2.75 bits per heavy atom. The molecule has 140 valence electrons. The summed E-state index contributed by atoms with van der Waals surface area (Å²) in [7, 11) is 0. The third-order valence-corrected chi connectivity index (χ3v) is 4.12. The van der Waals surface area contributed by atoms with E-state index in [0.717, 1.165) is 10.9 Å². The minimum absolute atomic E-state index is 0.192. The molecule has 9 nitrogen and oxygen atoms in total. The SMILES string of the molecule is CC(C)n1cnnc1-c1cccc(NC(=O)Nc2ncnc3ccccc23)n1. The van der Waals surface area contributed by atoms with Gasteiger partial charge in [0.25, 0.3) is 0 Å². The smallest absolute Gasteiger partial charge is 0.310 e. The fourth-order valence-corrected chi connectivity index (χ4v) is 2.79. The number of fused-ring (bicyclic) bond motifs is 1. The lowest BCUT2D eigenvalue weighted by Gasteiger charge is -2.11. The van der Waals surface area contributed by atoms with Gasteiger partial charge in [-0.1, -0.05) is 18.2 Å². The Morgan fingerprint density at radius 2 is 1.89 bits per heavy atom. The van der Waals surface area contributed by atoms with Crippen LogP contribution in [-0.4, -0.2) is 35.7 Å². The van der Waals surface area contributed by atoms with Crippen molar-refractivity contribution in [1.82, 2.24) is 29.7 Å². The van der Waals surface area contributed by atoms with Crippen LogP contribution in [0.4, 0.5) is 16.4 Å². The fourth-order valence-electron chi connectivity index (χ4n) is 2.79. The fraction of sp³-hybridized carbons (Fsp3) is 0.158. The highest BCUT2D eigenvalue weighted by Crippen LogP contribution is 2.21. The van der Waals surface area contributed by atoms with Gasteiger partial charge in [0, 0.05) is 11.4 Å². The molecule has 0 atom stereocenters. The van der Waals surface area contributed by atoms with E-state index < -0.39 is 6.03 Å². The Balaban J connectivity index is 1.54. The van der Waals surface area contributed by atoms with Crippen LogP contribution in [0, 0.1) is 0 Å². The van der Waals surface area contributed by atoms with Gasteiger partial charge < -0.3 is 4.57 Å². The first-order valence-corrected chi connectivity index (χ1v) is 8.76. The van der Waals surface area contributed by atoms with Gasteiger partial charge in [-0.25, -0.2) is 19.7 Å². The monoisotopic (exact) mass is 374 g/mol. The first kappa shape index (κ1) is 17.5. The van der Waals surface area contributed by atoms with Crippen LogP contribution in [0.15, 0.2) is 55.1 Å². The summed E-state index contributed by atoms with van der Waals surface area (Å²) in [5, 5.41) is 14.3. The second-order valence-electron chi connectivity index (χ2n) is 6.38. The lowest BCUT2D eigenvalue weighted by atomic mass is 10.2. The Bertz CT molecular complexity index is 1130. The Kier molecular flexibility index (Phi) is 4.63. The van der Waals surface area contributed by atoms with Gasteiger partial charge in [-0.05, 0) is 38.1 Å². The number of rotatable bonds is 4. The van der Waals surface area contributed by atoms with Crippen molar-refractivity contribution in [1.29, 1.82) is 0 Å². The van der Waals surface area contributed by atoms with Crippen LogP contribution in [0.25, 0.3) is 22.4 Å². The van der Waals surface area contributed by atoms with Gasteiger partial charge in [0.15, 0.2) is 5.82 Å². The number of hydrogen-bond acceptors (Lipinski definition) is 6. The summed E-state index contributed by atoms with van der Waals surface area (Å²) >= 11 is 0. The average Bonchev–Trinajstić information content (AvgIpc) is 3.19. The number of carbonyl (C=O) groups excluding carboxylic acids is 1. The summed E-state index contributed by atoms with van der Waals surface area (Å²) in [5.41, 5.74) is 1.37. The van der Waals surface area contributed by atoms with Crippen LogP contribution < -0.4 is 10.6 Å². The quantitative estimate of drug-likeness (QED) is 0.565. The number of hydrogen-bond donors (Lipinski definition) is 2. The molecule has 3 heterocycles. The van der Waals surface area contributed by atoms with Gasteiger partial charge in [-0.15, -0.1) is 10.2 Å². The third-order valence-electron chi connectivity index (χ3n) is 4.12. The van der Waals surface area contributed by atoms with E-state index in [1.807, 2.05) is 48.7 Å². The van der Waals surface area contributed by atoms with Crippen molar-refractivity contribution in [2.75, 3.05) is 10.6 Å². The van der Waals surface area contributed by atoms with Gasteiger partial charge in [-0.2, -0.15) is 0 Å². The van der Waals surface area contributed by atoms with Crippen molar-refractivity contribution in [3.8, 4) is 11.5 Å². The Morgan fingerprint density at radius 1 is 1.04 bits per heavy atom. The van der Waals surface area contributed by atoms with Crippen molar-refractivity contribution in [3.05, 3.63) is 55.1 Å². The average molecular weight is 374 g/mol. The highest BCUT2D eigenvalue weighted by molar-refractivity contribution is 6.03. The van der Waals surface area contributed by atoms with E-state index in [1.54, 1.807) is 18.5 Å². The first-order chi connectivity index (χ1) is 13.6. The number of urea groups is 1. The van der Waals surface area contributed by atoms with Gasteiger partial charge in [-0.3, -0.25) is 10.6 Å². The van der Waals surface area contributed by atoms with E-state index in [4.69, 9.17) is 0 Å². The highest BCUT2D eigenvalue weighted by Gasteiger charge is 2.13. The molecule has 0 aliphatic heterocycles. The number of nitrogens with zero attached hydrogens (tertiary/aromatic N) is 6. The van der Waals surface area contributed by atoms with Crippen LogP contribution in [0.5, 0.6) is 0 Å². The maximum absolute atomic E-state index is 12.4. The molecule has 0 saturated heterocycles. The lowest BCUT2D eigenvalue weighted by molar-refractivity contribution is 0.262. The molecule has 9 heteroatoms. The zero-order valence-corrected chi connectivity index (χ0v) is 15.4. The minimum atomic E-state index is -0.446. The van der Waals surface area contributed by atoms with E-state index in [-0.39, 0.29) is 6.04 Å². The topological polar surface area (TPSA) is 111 Å². The van der Waals surface area contributed by atoms with E-state index in [9.17, 15) is 4.79 Å². The van der Waals surface area contributed by atoms with Crippen LogP contribution in [0.1, 0.15) is 19.9 Å². The molecule has 0 aliphatic carbocycles. The minimum Gasteiger partial charge on any atom is -0.310 e. The first-order valence-electron chi connectivity index (χ1n) is 8.76. The molecule has 1 aromatic carbocycles. The molecular formula is C19H18N8O. The number of benzene rings is 1. The second kappa shape index (κ2) is 7.39. The van der Waals surface area contributed by atoms with E-state index in [0.29, 0.717) is 23.2 Å². The predicted octanol–water partition coefficient (Wildman–Crippen LogP) is 3.51. The predicted molar refractivity (Wildman–Crippen MR) is 106 cm³/mol. The Hall–Kier alpha value is -3.88. The summed E-state index contributed by atoms with van der Waals surface area (Å²) in [6.07, 6.45) is 3.07. The molecule has 0 fully saturated rings. The van der Waals surface area contributed by atoms with Crippen molar-refractivity contribution in [3.63, 3.8) is 0 Å². The summed E-state index contributed by atoms with van der Waals surface area (Å²) in [5.74, 6) is 1.46. The van der Waals surface area contributed by atoms with Crippen LogP contribution in [0.3, 0.4) is 0 Å². The number of para-hydroxylation sites is 1. The maximum atomic E-state index is 12.4. The number of anilines is 2. The summed E-state index contributed by atoms with van der Waals surface area (Å²) in [6.45, 7) is 4.07. The molecule has 4 aromatic rings. The van der Waals surface area contributed by atoms with Crippen LogP contribution in [-0.2, 0) is 0 Å². The van der Waals surface area contributed by atoms with E-state index in [2.05, 4.69) is 35.8 Å². The zero-order chi connectivity index (χ0) is 19.5. The second-order valence-corrected chi connectivity index (χ2v) is 6.38. The van der Waals surface area contributed by atoms with Crippen molar-refractivity contribution in [2.24, 2.45) is 0 Å². The summed E-state index contributed by atoms with van der Waals surface area (Å²) < 4.78 is 1.92. The molecule has 0 saturated carbocycles. The molecule has 0 unspecified atom stereocenters. The molecule has 2 amide bonds. The zero-order valence-electron chi connectivity index (χ0n) is 15.4. The number of aromatic nitrogens is 6. The number of pyridine rings is 1. The molecule has 2 N–H and O–H groups in total. The van der Waals surface area contributed by atoms with Crippen LogP contribution in [0.2, 0.25) is 0 Å². The molecule has 0 spiro atoms. The lowest BCUT2D eigenvalue weighted by Crippen LogP contribution is -2.21. The van der Waals surface area contributed by atoms with E-state index >= 15 is 0 Å². The standard InChI is InChI=1S/C19H18N8O/c1-12(2)27-11-22-26-18(27)15-8-5-9-16(23-15)24-19(28)25-17-13-6-3-4-7-14(13)20-10-21-17/h3-12H,1-2H3,(H2,20,21,23,24,25,28). The van der Waals surface area contributed by atoms with Crippen LogP contribution >= 0.6 is 0 Å². The molecule has 4 rings (SSSR count). The molecule has 0 aliphatic rings. The molecule has 28 heavy (non-hydrogen) atoms. The number of carbonyl (C=O) groups is 1. The third kappa shape index (κ3) is 3.50. The van der Waals surface area contributed by atoms with E-state index in [1.165, 1.54) is 6.33 Å². The van der Waals surface area contributed by atoms with Crippen molar-refractivity contribution >= 4 is 28.6 Å². The molecule has 0 radical (unpaired) electrons. The van der Waals surface area contributed by atoms with Gasteiger partial charge in [0.1, 0.15) is 30.0 Å². The highest BCUT2D eigenvalue weighted by atomic mass is 16.2. The molecule has 0 bridgehead atoms. The Labute approximate surface area is 160 Å². The summed E-state index contributed by atoms with van der Waals surface area (Å²) in [4.78, 5) is 25.3. The number of amides is 2. The number of nitrogens with one attached hydrogen (secondary N) is 2. The maximum Gasteiger partial charge on any atom is 0.326 e. The molecular weight excluding hydrogens is 356 g/mol. The van der Waals surface area contributed by atoms with Gasteiger partial charge in [0.2, 0.25) is 0 Å². The van der Waals surface area contributed by atoms with Gasteiger partial charge >= 0.3 is 6.03 Å². The largest absolute Gasteiger partial charge is 0.326 e. The van der Waals surface area contributed by atoms with Crippen molar-refractivity contribution < 1.29 is 4.79 Å². The summed E-state index contributed by atoms with van der Waals surface area (Å²) in [6, 6.07) is 12.5. The normalized spacial score (nSPS) is 11.0. The molecule has 3 aromatic heterocycles. The van der Waals surface area contributed by atoms with Crippen molar-refractivity contribution in [2.45, 2.75) is 19.9 Å².